The minimum atomic E-state index is -3.32. The van der Waals surface area contributed by atoms with Crippen LogP contribution < -0.4 is 10.5 Å². The minimum Gasteiger partial charge on any atom is -0.399 e. The maximum Gasteiger partial charge on any atom is 0.216 e. The van der Waals surface area contributed by atoms with E-state index in [1.807, 2.05) is 6.92 Å². The number of anilines is 1. The van der Waals surface area contributed by atoms with Crippen molar-refractivity contribution < 1.29 is 8.42 Å². The van der Waals surface area contributed by atoms with Crippen LogP contribution in [0.4, 0.5) is 5.69 Å². The Morgan fingerprint density at radius 1 is 1.35 bits per heavy atom. The van der Waals surface area contributed by atoms with Gasteiger partial charge in [-0.2, -0.15) is 0 Å². The van der Waals surface area contributed by atoms with Gasteiger partial charge in [0.15, 0.2) is 0 Å². The molecule has 0 radical (unpaired) electrons. The second-order valence-corrected chi connectivity index (χ2v) is 7.28. The van der Waals surface area contributed by atoms with E-state index in [0.29, 0.717) is 11.3 Å². The molecule has 0 saturated carbocycles. The van der Waals surface area contributed by atoms with Crippen LogP contribution in [-0.2, 0) is 15.8 Å². The van der Waals surface area contributed by atoms with Crippen LogP contribution in [0.5, 0.6) is 0 Å². The average Bonchev–Trinajstić information content (AvgIpc) is 2.79. The van der Waals surface area contributed by atoms with Gasteiger partial charge in [0.1, 0.15) is 0 Å². The van der Waals surface area contributed by atoms with Crippen molar-refractivity contribution in [1.82, 2.24) is 9.62 Å². The Balaban J connectivity index is 1.89. The number of hydrogen-bond donors (Lipinski definition) is 2. The van der Waals surface area contributed by atoms with E-state index >= 15 is 0 Å². The van der Waals surface area contributed by atoms with Gasteiger partial charge in [0.2, 0.25) is 10.0 Å². The molecule has 5 nitrogen and oxygen atoms in total. The number of nitrogen functional groups attached to an aromatic ring is 1. The highest BCUT2D eigenvalue weighted by Crippen LogP contribution is 2.11. The van der Waals surface area contributed by atoms with Crippen molar-refractivity contribution >= 4 is 15.7 Å². The summed E-state index contributed by atoms with van der Waals surface area (Å²) in [6, 6.07) is 6.93. The quantitative estimate of drug-likeness (QED) is 0.773. The highest BCUT2D eigenvalue weighted by atomic mass is 32.2. The van der Waals surface area contributed by atoms with Gasteiger partial charge < -0.3 is 10.6 Å². The highest BCUT2D eigenvalue weighted by molar-refractivity contribution is 7.88. The molecule has 0 bridgehead atoms. The van der Waals surface area contributed by atoms with Crippen molar-refractivity contribution in [3.63, 3.8) is 0 Å². The molecule has 1 aliphatic rings. The van der Waals surface area contributed by atoms with E-state index in [4.69, 9.17) is 5.73 Å². The zero-order chi connectivity index (χ0) is 14.6. The van der Waals surface area contributed by atoms with Gasteiger partial charge in [-0.1, -0.05) is 12.1 Å². The molecule has 2 rings (SSSR count). The summed E-state index contributed by atoms with van der Waals surface area (Å²) >= 11 is 0. The number of likely N-dealkylation sites (tertiary alicyclic amines) is 1. The summed E-state index contributed by atoms with van der Waals surface area (Å²) in [5.41, 5.74) is 6.97. The normalized spacial score (nSPS) is 18.2. The standard InChI is InChI=1S/C14H23N3O2S/c1-12(10-17-7-2-3-8-17)16-20(18,19)11-13-5-4-6-14(15)9-13/h4-6,9,12,16H,2-3,7-8,10-11,15H2,1H3. The minimum absolute atomic E-state index is 0.0254. The van der Waals surface area contributed by atoms with Gasteiger partial charge >= 0.3 is 0 Å². The Hall–Kier alpha value is -1.11. The van der Waals surface area contributed by atoms with Crippen LogP contribution in [0.1, 0.15) is 25.3 Å². The van der Waals surface area contributed by atoms with E-state index in [9.17, 15) is 8.42 Å². The van der Waals surface area contributed by atoms with Gasteiger partial charge in [-0.15, -0.1) is 0 Å². The third kappa shape index (κ3) is 4.77. The van der Waals surface area contributed by atoms with Crippen molar-refractivity contribution in [2.75, 3.05) is 25.4 Å². The Bertz CT molecular complexity index is 539. The van der Waals surface area contributed by atoms with E-state index < -0.39 is 10.0 Å². The van der Waals surface area contributed by atoms with Crippen molar-refractivity contribution in [1.29, 1.82) is 0 Å². The monoisotopic (exact) mass is 297 g/mol. The van der Waals surface area contributed by atoms with Crippen LogP contribution >= 0.6 is 0 Å². The zero-order valence-corrected chi connectivity index (χ0v) is 12.7. The highest BCUT2D eigenvalue weighted by Gasteiger charge is 2.19. The maximum absolute atomic E-state index is 12.1. The number of nitrogens with one attached hydrogen (secondary N) is 1. The van der Waals surface area contributed by atoms with Crippen LogP contribution in [0.2, 0.25) is 0 Å². The summed E-state index contributed by atoms with van der Waals surface area (Å²) in [6.07, 6.45) is 2.42. The first-order chi connectivity index (χ1) is 9.44. The molecule has 0 spiro atoms. The zero-order valence-electron chi connectivity index (χ0n) is 11.9. The summed E-state index contributed by atoms with van der Waals surface area (Å²) in [6.45, 7) is 4.83. The number of hydrogen-bond acceptors (Lipinski definition) is 4. The summed E-state index contributed by atoms with van der Waals surface area (Å²) in [7, 11) is -3.32. The van der Waals surface area contributed by atoms with E-state index in [2.05, 4.69) is 9.62 Å². The summed E-state index contributed by atoms with van der Waals surface area (Å²) in [5.74, 6) is -0.0254. The fraction of sp³-hybridized carbons (Fsp3) is 0.571. The molecule has 0 aromatic heterocycles. The molecule has 6 heteroatoms. The van der Waals surface area contributed by atoms with Crippen LogP contribution in [0.3, 0.4) is 0 Å². The predicted octanol–water partition coefficient (Wildman–Crippen LogP) is 1.17. The fourth-order valence-corrected chi connectivity index (χ4v) is 4.03. The largest absolute Gasteiger partial charge is 0.399 e. The van der Waals surface area contributed by atoms with E-state index in [0.717, 1.165) is 19.6 Å². The SMILES string of the molecule is CC(CN1CCCC1)NS(=O)(=O)Cc1cccc(N)c1. The second kappa shape index (κ2) is 6.56. The number of sulfonamides is 1. The third-order valence-corrected chi connectivity index (χ3v) is 4.89. The molecule has 1 aromatic rings. The Morgan fingerprint density at radius 2 is 2.05 bits per heavy atom. The Labute approximate surface area is 121 Å². The van der Waals surface area contributed by atoms with Crippen molar-refractivity contribution in [2.45, 2.75) is 31.6 Å². The molecule has 1 saturated heterocycles. The van der Waals surface area contributed by atoms with Gasteiger partial charge in [0, 0.05) is 18.3 Å². The molecule has 1 unspecified atom stereocenters. The van der Waals surface area contributed by atoms with E-state index in [1.54, 1.807) is 24.3 Å². The molecule has 0 aliphatic carbocycles. The van der Waals surface area contributed by atoms with Crippen molar-refractivity contribution in [3.05, 3.63) is 29.8 Å². The number of benzene rings is 1. The first-order valence-corrected chi connectivity index (χ1v) is 8.66. The van der Waals surface area contributed by atoms with Gasteiger partial charge in [-0.05, 0) is 50.6 Å². The second-order valence-electron chi connectivity index (χ2n) is 5.53. The number of rotatable bonds is 6. The molecule has 1 aliphatic heterocycles. The van der Waals surface area contributed by atoms with E-state index in [-0.39, 0.29) is 11.8 Å². The molecule has 112 valence electrons. The summed E-state index contributed by atoms with van der Waals surface area (Å²) in [4.78, 5) is 2.30. The predicted molar refractivity (Wildman–Crippen MR) is 81.7 cm³/mol. The lowest BCUT2D eigenvalue weighted by atomic mass is 10.2. The number of nitrogens with two attached hydrogens (primary N) is 1. The van der Waals surface area contributed by atoms with Crippen LogP contribution in [0.25, 0.3) is 0 Å². The molecular weight excluding hydrogens is 274 g/mol. The molecule has 1 heterocycles. The lowest BCUT2D eigenvalue weighted by Gasteiger charge is -2.21. The summed E-state index contributed by atoms with van der Waals surface area (Å²) in [5, 5.41) is 0. The topological polar surface area (TPSA) is 75.4 Å². The number of nitrogens with zero attached hydrogens (tertiary/aromatic N) is 1. The van der Waals surface area contributed by atoms with Crippen LogP contribution in [0.15, 0.2) is 24.3 Å². The smallest absolute Gasteiger partial charge is 0.216 e. The third-order valence-electron chi connectivity index (χ3n) is 3.42. The van der Waals surface area contributed by atoms with Gasteiger partial charge in [0.25, 0.3) is 0 Å². The molecule has 1 fully saturated rings. The lowest BCUT2D eigenvalue weighted by Crippen LogP contribution is -2.41. The lowest BCUT2D eigenvalue weighted by molar-refractivity contribution is 0.312. The molecule has 3 N–H and O–H groups in total. The molecule has 1 aromatic carbocycles. The van der Waals surface area contributed by atoms with Crippen molar-refractivity contribution in [2.24, 2.45) is 0 Å². The van der Waals surface area contributed by atoms with Crippen LogP contribution in [-0.4, -0.2) is 39.0 Å². The molecular formula is C14H23N3O2S. The van der Waals surface area contributed by atoms with Gasteiger partial charge in [-0.25, -0.2) is 13.1 Å². The molecule has 1 atom stereocenters. The van der Waals surface area contributed by atoms with Gasteiger partial charge in [-0.3, -0.25) is 0 Å². The van der Waals surface area contributed by atoms with E-state index in [1.165, 1.54) is 12.8 Å². The maximum atomic E-state index is 12.1. The Morgan fingerprint density at radius 3 is 2.70 bits per heavy atom. The first-order valence-electron chi connectivity index (χ1n) is 7.01. The van der Waals surface area contributed by atoms with Crippen molar-refractivity contribution in [3.8, 4) is 0 Å². The van der Waals surface area contributed by atoms with Gasteiger partial charge in [0.05, 0.1) is 5.75 Å². The molecule has 20 heavy (non-hydrogen) atoms. The summed E-state index contributed by atoms with van der Waals surface area (Å²) < 4.78 is 27.0. The average molecular weight is 297 g/mol. The fourth-order valence-electron chi connectivity index (χ4n) is 2.64. The molecule has 0 amide bonds. The van der Waals surface area contributed by atoms with Crippen LogP contribution in [0, 0.1) is 0 Å². The first kappa shape index (κ1) is 15.3. The Kier molecular flexibility index (Phi) is 5.01.